The molecule has 7 heteroatoms. The lowest BCUT2D eigenvalue weighted by Crippen LogP contribution is -2.40. The molecular weight excluding hydrogens is 332 g/mol. The Labute approximate surface area is 151 Å². The highest BCUT2D eigenvalue weighted by atomic mass is 16.5. The summed E-state index contributed by atoms with van der Waals surface area (Å²) < 4.78 is 5.40. The highest BCUT2D eigenvalue weighted by molar-refractivity contribution is 5.94. The summed E-state index contributed by atoms with van der Waals surface area (Å²) in [4.78, 5) is 26.0. The van der Waals surface area contributed by atoms with Crippen LogP contribution in [0.2, 0.25) is 0 Å². The number of aromatic nitrogens is 2. The minimum Gasteiger partial charge on any atom is -0.381 e. The van der Waals surface area contributed by atoms with Crippen LogP contribution in [0, 0.1) is 5.92 Å². The van der Waals surface area contributed by atoms with Gasteiger partial charge < -0.3 is 15.4 Å². The Morgan fingerprint density at radius 3 is 2.92 bits per heavy atom. The van der Waals surface area contributed by atoms with Crippen LogP contribution in [0.25, 0.3) is 11.3 Å². The lowest BCUT2D eigenvalue weighted by molar-refractivity contribution is -0.133. The van der Waals surface area contributed by atoms with Crippen molar-refractivity contribution in [3.05, 3.63) is 41.1 Å². The average Bonchev–Trinajstić information content (AvgIpc) is 3.05. The SMILES string of the molecule is NC(=O)c1cccc(-c2n[nH]c3c2CC(=O)N(CC2CCOCC2)C3)c1. The maximum atomic E-state index is 12.7. The zero-order valence-electron chi connectivity index (χ0n) is 14.5. The molecule has 0 aliphatic carbocycles. The number of carbonyl (C=O) groups is 2. The largest absolute Gasteiger partial charge is 0.381 e. The summed E-state index contributed by atoms with van der Waals surface area (Å²) in [5.74, 6) is 0.150. The molecule has 0 bridgehead atoms. The van der Waals surface area contributed by atoms with Gasteiger partial charge in [-0.2, -0.15) is 5.10 Å². The molecule has 2 aromatic rings. The number of fused-ring (bicyclic) bond motifs is 1. The van der Waals surface area contributed by atoms with Crippen LogP contribution < -0.4 is 5.73 Å². The number of amides is 2. The Kier molecular flexibility index (Phi) is 4.46. The summed E-state index contributed by atoms with van der Waals surface area (Å²) in [5.41, 5.74) is 9.20. The van der Waals surface area contributed by atoms with Crippen molar-refractivity contribution in [2.75, 3.05) is 19.8 Å². The van der Waals surface area contributed by atoms with Gasteiger partial charge in [0.1, 0.15) is 0 Å². The lowest BCUT2D eigenvalue weighted by atomic mass is 9.95. The van der Waals surface area contributed by atoms with Crippen molar-refractivity contribution in [3.8, 4) is 11.3 Å². The molecular formula is C19H22N4O3. The number of hydrogen-bond donors (Lipinski definition) is 2. The maximum Gasteiger partial charge on any atom is 0.248 e. The standard InChI is InChI=1S/C19H22N4O3/c20-19(25)14-3-1-2-13(8-14)18-15-9-17(24)23(11-16(15)21-22-18)10-12-4-6-26-7-5-12/h1-3,8,12H,4-7,9-11H2,(H2,20,25)(H,21,22). The van der Waals surface area contributed by atoms with Crippen LogP contribution >= 0.6 is 0 Å². The fourth-order valence-corrected chi connectivity index (χ4v) is 3.73. The van der Waals surface area contributed by atoms with Crippen molar-refractivity contribution in [3.63, 3.8) is 0 Å². The second kappa shape index (κ2) is 6.92. The number of ether oxygens (including phenoxy) is 1. The number of nitrogens with zero attached hydrogens (tertiary/aromatic N) is 2. The predicted octanol–water partition coefficient (Wildman–Crippen LogP) is 1.49. The van der Waals surface area contributed by atoms with E-state index in [0.29, 0.717) is 24.4 Å². The maximum absolute atomic E-state index is 12.7. The number of carbonyl (C=O) groups excluding carboxylic acids is 2. The first-order chi connectivity index (χ1) is 12.6. The zero-order chi connectivity index (χ0) is 18.1. The number of H-pyrrole nitrogens is 1. The molecule has 1 saturated heterocycles. The van der Waals surface area contributed by atoms with Gasteiger partial charge in [0.05, 0.1) is 24.4 Å². The van der Waals surface area contributed by atoms with Crippen LogP contribution in [-0.2, 0) is 22.5 Å². The van der Waals surface area contributed by atoms with Gasteiger partial charge in [0.15, 0.2) is 0 Å². The molecule has 3 heterocycles. The number of nitrogens with two attached hydrogens (primary N) is 1. The number of benzene rings is 1. The summed E-state index contributed by atoms with van der Waals surface area (Å²) in [7, 11) is 0. The minimum absolute atomic E-state index is 0.123. The molecule has 0 atom stereocenters. The Hall–Kier alpha value is -2.67. The molecule has 0 spiro atoms. The Morgan fingerprint density at radius 1 is 1.35 bits per heavy atom. The van der Waals surface area contributed by atoms with Crippen LogP contribution in [0.3, 0.4) is 0 Å². The molecule has 0 unspecified atom stereocenters. The quantitative estimate of drug-likeness (QED) is 0.868. The predicted molar refractivity (Wildman–Crippen MR) is 95.2 cm³/mol. The van der Waals surface area contributed by atoms with Gasteiger partial charge in [-0.05, 0) is 30.9 Å². The molecule has 1 aromatic carbocycles. The van der Waals surface area contributed by atoms with Crippen molar-refractivity contribution in [2.24, 2.45) is 11.7 Å². The van der Waals surface area contributed by atoms with Crippen LogP contribution in [0.1, 0.15) is 34.5 Å². The van der Waals surface area contributed by atoms with E-state index in [-0.39, 0.29) is 5.91 Å². The van der Waals surface area contributed by atoms with Gasteiger partial charge in [-0.3, -0.25) is 14.7 Å². The summed E-state index contributed by atoms with van der Waals surface area (Å²) >= 11 is 0. The summed E-state index contributed by atoms with van der Waals surface area (Å²) in [5, 5.41) is 7.48. The lowest BCUT2D eigenvalue weighted by Gasteiger charge is -2.32. The third kappa shape index (κ3) is 3.22. The van der Waals surface area contributed by atoms with Crippen molar-refractivity contribution in [1.82, 2.24) is 15.1 Å². The van der Waals surface area contributed by atoms with Gasteiger partial charge in [-0.1, -0.05) is 12.1 Å². The Balaban J connectivity index is 1.56. The summed E-state index contributed by atoms with van der Waals surface area (Å²) in [6.07, 6.45) is 2.33. The fraction of sp³-hybridized carbons (Fsp3) is 0.421. The monoisotopic (exact) mass is 354 g/mol. The van der Waals surface area contributed by atoms with Crippen LogP contribution in [-0.4, -0.2) is 46.7 Å². The smallest absolute Gasteiger partial charge is 0.248 e. The number of aromatic amines is 1. The normalized spacial score (nSPS) is 18.0. The van der Waals surface area contributed by atoms with Crippen molar-refractivity contribution >= 4 is 11.8 Å². The highest BCUT2D eigenvalue weighted by Crippen LogP contribution is 2.30. The van der Waals surface area contributed by atoms with Crippen molar-refractivity contribution < 1.29 is 14.3 Å². The Bertz CT molecular complexity index is 839. The highest BCUT2D eigenvalue weighted by Gasteiger charge is 2.30. The van der Waals surface area contributed by atoms with Gasteiger partial charge in [0.25, 0.3) is 0 Å². The third-order valence-electron chi connectivity index (χ3n) is 5.22. The molecule has 7 nitrogen and oxygen atoms in total. The van der Waals surface area contributed by atoms with Gasteiger partial charge in [-0.25, -0.2) is 0 Å². The van der Waals surface area contributed by atoms with Crippen LogP contribution in [0.4, 0.5) is 0 Å². The number of hydrogen-bond acceptors (Lipinski definition) is 4. The zero-order valence-corrected chi connectivity index (χ0v) is 14.5. The number of rotatable bonds is 4. The van der Waals surface area contributed by atoms with Gasteiger partial charge in [0, 0.05) is 36.4 Å². The molecule has 26 heavy (non-hydrogen) atoms. The van der Waals surface area contributed by atoms with Crippen molar-refractivity contribution in [1.29, 1.82) is 0 Å². The van der Waals surface area contributed by atoms with E-state index in [1.165, 1.54) is 0 Å². The molecule has 1 aromatic heterocycles. The van der Waals surface area contributed by atoms with E-state index in [4.69, 9.17) is 10.5 Å². The van der Waals surface area contributed by atoms with E-state index in [1.807, 2.05) is 11.0 Å². The second-order valence-corrected chi connectivity index (χ2v) is 6.98. The van der Waals surface area contributed by atoms with Gasteiger partial charge in [-0.15, -0.1) is 0 Å². The average molecular weight is 354 g/mol. The Morgan fingerprint density at radius 2 is 2.15 bits per heavy atom. The van der Waals surface area contributed by atoms with Gasteiger partial charge in [0.2, 0.25) is 11.8 Å². The van der Waals surface area contributed by atoms with Gasteiger partial charge >= 0.3 is 0 Å². The number of nitrogens with one attached hydrogen (secondary N) is 1. The first-order valence-corrected chi connectivity index (χ1v) is 8.93. The molecule has 4 rings (SSSR count). The third-order valence-corrected chi connectivity index (χ3v) is 5.22. The van der Waals surface area contributed by atoms with E-state index < -0.39 is 5.91 Å². The molecule has 3 N–H and O–H groups in total. The van der Waals surface area contributed by atoms with Crippen LogP contribution in [0.5, 0.6) is 0 Å². The first kappa shape index (κ1) is 16.8. The van der Waals surface area contributed by atoms with Crippen molar-refractivity contribution in [2.45, 2.75) is 25.8 Å². The molecule has 0 saturated carbocycles. The van der Waals surface area contributed by atoms with E-state index in [1.54, 1.807) is 18.2 Å². The molecule has 2 aliphatic rings. The molecule has 0 radical (unpaired) electrons. The topological polar surface area (TPSA) is 101 Å². The minimum atomic E-state index is -0.477. The van der Waals surface area contributed by atoms with E-state index in [9.17, 15) is 9.59 Å². The second-order valence-electron chi connectivity index (χ2n) is 6.98. The molecule has 136 valence electrons. The fourth-order valence-electron chi connectivity index (χ4n) is 3.73. The van der Waals surface area contributed by atoms with Crippen LogP contribution in [0.15, 0.2) is 24.3 Å². The van der Waals surface area contributed by atoms with E-state index in [0.717, 1.165) is 55.1 Å². The summed E-state index contributed by atoms with van der Waals surface area (Å²) in [6.45, 7) is 2.88. The summed E-state index contributed by atoms with van der Waals surface area (Å²) in [6, 6.07) is 7.05. The first-order valence-electron chi connectivity index (χ1n) is 8.93. The molecule has 2 aliphatic heterocycles. The molecule has 1 fully saturated rings. The molecule has 2 amide bonds. The van der Waals surface area contributed by atoms with E-state index in [2.05, 4.69) is 10.2 Å². The van der Waals surface area contributed by atoms with E-state index >= 15 is 0 Å². The number of primary amides is 1.